The Morgan fingerprint density at radius 3 is 2.56 bits per heavy atom. The molecule has 0 aliphatic rings. The van der Waals surface area contributed by atoms with E-state index in [0.717, 1.165) is 26.4 Å². The molecule has 1 aromatic heterocycles. The second-order valence-electron chi connectivity index (χ2n) is 4.01. The molecule has 3 aromatic rings. The summed E-state index contributed by atoms with van der Waals surface area (Å²) in [4.78, 5) is 4.59. The molecule has 0 saturated carbocycles. The summed E-state index contributed by atoms with van der Waals surface area (Å²) < 4.78 is 1.11. The van der Waals surface area contributed by atoms with Crippen LogP contribution in [0.5, 0.6) is 0 Å². The molecule has 0 fully saturated rings. The molecule has 4 heteroatoms. The Balaban J connectivity index is 2.10. The zero-order valence-corrected chi connectivity index (χ0v) is 11.1. The van der Waals surface area contributed by atoms with Gasteiger partial charge in [-0.25, -0.2) is 4.98 Å². The van der Waals surface area contributed by atoms with Crippen molar-refractivity contribution in [1.29, 1.82) is 0 Å². The van der Waals surface area contributed by atoms with E-state index in [-0.39, 0.29) is 0 Å². The Morgan fingerprint density at radius 2 is 1.89 bits per heavy atom. The smallest absolute Gasteiger partial charge is 0.124 e. The predicted molar refractivity (Wildman–Crippen MR) is 78.0 cm³/mol. The lowest BCUT2D eigenvalue weighted by Gasteiger charge is -1.98. The third-order valence-corrected chi connectivity index (χ3v) is 4.18. The van der Waals surface area contributed by atoms with Gasteiger partial charge in [-0.1, -0.05) is 41.9 Å². The molecular formula is C14H11ClN2S. The highest BCUT2D eigenvalue weighted by molar-refractivity contribution is 7.21. The van der Waals surface area contributed by atoms with E-state index in [1.54, 1.807) is 11.3 Å². The fourth-order valence-corrected chi connectivity index (χ4v) is 3.09. The van der Waals surface area contributed by atoms with Crippen LogP contribution in [0, 0.1) is 0 Å². The number of aromatic nitrogens is 1. The molecule has 2 aromatic carbocycles. The topological polar surface area (TPSA) is 38.9 Å². The van der Waals surface area contributed by atoms with E-state index in [0.29, 0.717) is 11.6 Å². The highest BCUT2D eigenvalue weighted by Gasteiger charge is 2.08. The van der Waals surface area contributed by atoms with Crippen molar-refractivity contribution in [3.05, 3.63) is 53.1 Å². The average molecular weight is 275 g/mol. The van der Waals surface area contributed by atoms with Crippen LogP contribution in [0.1, 0.15) is 5.56 Å². The Kier molecular flexibility index (Phi) is 3.04. The minimum atomic E-state index is 0.561. The van der Waals surface area contributed by atoms with E-state index >= 15 is 0 Å². The number of benzene rings is 2. The second kappa shape index (κ2) is 4.69. The Labute approximate surface area is 114 Å². The van der Waals surface area contributed by atoms with Crippen molar-refractivity contribution in [3.63, 3.8) is 0 Å². The van der Waals surface area contributed by atoms with E-state index < -0.39 is 0 Å². The van der Waals surface area contributed by atoms with Crippen molar-refractivity contribution < 1.29 is 0 Å². The lowest BCUT2D eigenvalue weighted by molar-refractivity contribution is 1.07. The predicted octanol–water partition coefficient (Wildman–Crippen LogP) is 4.08. The monoisotopic (exact) mass is 274 g/mol. The van der Waals surface area contributed by atoms with E-state index in [1.165, 1.54) is 0 Å². The standard InChI is InChI=1S/C14H11ClN2S/c15-11-2-1-3-12-13(11)17-14(18-12)10-6-4-9(8-16)5-7-10/h1-7H,8,16H2. The minimum absolute atomic E-state index is 0.561. The van der Waals surface area contributed by atoms with Crippen molar-refractivity contribution >= 4 is 33.2 Å². The van der Waals surface area contributed by atoms with Crippen molar-refractivity contribution in [2.75, 3.05) is 0 Å². The highest BCUT2D eigenvalue weighted by atomic mass is 35.5. The van der Waals surface area contributed by atoms with E-state index in [9.17, 15) is 0 Å². The first-order chi connectivity index (χ1) is 8.78. The Hall–Kier alpha value is -1.42. The molecule has 0 unspecified atom stereocenters. The van der Waals surface area contributed by atoms with Crippen LogP contribution in [0.2, 0.25) is 5.02 Å². The molecule has 2 nitrogen and oxygen atoms in total. The van der Waals surface area contributed by atoms with Crippen LogP contribution < -0.4 is 5.73 Å². The number of thiazole rings is 1. The molecule has 2 N–H and O–H groups in total. The number of fused-ring (bicyclic) bond motifs is 1. The molecular weight excluding hydrogens is 264 g/mol. The molecule has 3 rings (SSSR count). The van der Waals surface area contributed by atoms with E-state index in [2.05, 4.69) is 4.98 Å². The Morgan fingerprint density at radius 1 is 1.11 bits per heavy atom. The molecule has 0 saturated heterocycles. The van der Waals surface area contributed by atoms with Crippen molar-refractivity contribution in [1.82, 2.24) is 4.98 Å². The Bertz CT molecular complexity index is 689. The van der Waals surface area contributed by atoms with Crippen molar-refractivity contribution in [3.8, 4) is 10.6 Å². The van der Waals surface area contributed by atoms with Gasteiger partial charge in [0.2, 0.25) is 0 Å². The van der Waals surface area contributed by atoms with E-state index in [4.69, 9.17) is 17.3 Å². The van der Waals surface area contributed by atoms with Gasteiger partial charge in [0.15, 0.2) is 0 Å². The summed E-state index contributed by atoms with van der Waals surface area (Å²) in [6.45, 7) is 0.561. The zero-order valence-electron chi connectivity index (χ0n) is 9.56. The summed E-state index contributed by atoms with van der Waals surface area (Å²) >= 11 is 7.78. The zero-order chi connectivity index (χ0) is 12.5. The number of hydrogen-bond donors (Lipinski definition) is 1. The molecule has 0 radical (unpaired) electrons. The molecule has 0 aliphatic carbocycles. The fourth-order valence-electron chi connectivity index (χ4n) is 1.82. The number of para-hydroxylation sites is 1. The lowest BCUT2D eigenvalue weighted by Crippen LogP contribution is -1.95. The van der Waals surface area contributed by atoms with Gasteiger partial charge in [0, 0.05) is 12.1 Å². The van der Waals surface area contributed by atoms with Crippen LogP contribution >= 0.6 is 22.9 Å². The quantitative estimate of drug-likeness (QED) is 0.765. The van der Waals surface area contributed by atoms with Crippen LogP contribution in [0.3, 0.4) is 0 Å². The van der Waals surface area contributed by atoms with Crippen LogP contribution in [-0.2, 0) is 6.54 Å². The first kappa shape index (κ1) is 11.7. The van der Waals surface area contributed by atoms with Gasteiger partial charge >= 0.3 is 0 Å². The van der Waals surface area contributed by atoms with Gasteiger partial charge in [-0.15, -0.1) is 11.3 Å². The highest BCUT2D eigenvalue weighted by Crippen LogP contribution is 2.33. The molecule has 90 valence electrons. The number of nitrogens with zero attached hydrogens (tertiary/aromatic N) is 1. The first-order valence-corrected chi connectivity index (χ1v) is 6.82. The van der Waals surface area contributed by atoms with Gasteiger partial charge in [0.25, 0.3) is 0 Å². The maximum absolute atomic E-state index is 6.13. The molecule has 18 heavy (non-hydrogen) atoms. The summed E-state index contributed by atoms with van der Waals surface area (Å²) in [5.74, 6) is 0. The molecule has 0 aliphatic heterocycles. The van der Waals surface area contributed by atoms with Gasteiger partial charge in [0.1, 0.15) is 10.5 Å². The summed E-state index contributed by atoms with van der Waals surface area (Å²) in [6, 6.07) is 14.0. The number of rotatable bonds is 2. The van der Waals surface area contributed by atoms with Crippen molar-refractivity contribution in [2.24, 2.45) is 5.73 Å². The van der Waals surface area contributed by atoms with Gasteiger partial charge in [-0.05, 0) is 17.7 Å². The summed E-state index contributed by atoms with van der Waals surface area (Å²) in [5.41, 5.74) is 8.69. The summed E-state index contributed by atoms with van der Waals surface area (Å²) in [5, 5.41) is 1.69. The van der Waals surface area contributed by atoms with Gasteiger partial charge in [0.05, 0.1) is 9.72 Å². The minimum Gasteiger partial charge on any atom is -0.326 e. The fraction of sp³-hybridized carbons (Fsp3) is 0.0714. The second-order valence-corrected chi connectivity index (χ2v) is 5.44. The number of nitrogens with two attached hydrogens (primary N) is 1. The number of hydrogen-bond acceptors (Lipinski definition) is 3. The maximum Gasteiger partial charge on any atom is 0.124 e. The largest absolute Gasteiger partial charge is 0.326 e. The van der Waals surface area contributed by atoms with Gasteiger partial charge in [-0.3, -0.25) is 0 Å². The molecule has 0 bridgehead atoms. The average Bonchev–Trinajstić information content (AvgIpc) is 2.84. The first-order valence-electron chi connectivity index (χ1n) is 5.62. The summed E-state index contributed by atoms with van der Waals surface area (Å²) in [7, 11) is 0. The van der Waals surface area contributed by atoms with Gasteiger partial charge in [-0.2, -0.15) is 0 Å². The van der Waals surface area contributed by atoms with Crippen LogP contribution in [0.25, 0.3) is 20.8 Å². The third-order valence-electron chi connectivity index (χ3n) is 2.81. The lowest BCUT2D eigenvalue weighted by atomic mass is 10.1. The molecule has 0 amide bonds. The summed E-state index contributed by atoms with van der Waals surface area (Å²) in [6.07, 6.45) is 0. The maximum atomic E-state index is 6.13. The molecule has 0 spiro atoms. The van der Waals surface area contributed by atoms with Crippen LogP contribution in [-0.4, -0.2) is 4.98 Å². The molecule has 0 atom stereocenters. The van der Waals surface area contributed by atoms with Crippen molar-refractivity contribution in [2.45, 2.75) is 6.54 Å². The van der Waals surface area contributed by atoms with Crippen LogP contribution in [0.4, 0.5) is 0 Å². The normalized spacial score (nSPS) is 11.0. The number of halogens is 1. The molecule has 1 heterocycles. The van der Waals surface area contributed by atoms with E-state index in [1.807, 2.05) is 42.5 Å². The third kappa shape index (κ3) is 2.01. The van der Waals surface area contributed by atoms with Gasteiger partial charge < -0.3 is 5.73 Å². The van der Waals surface area contributed by atoms with Crippen LogP contribution in [0.15, 0.2) is 42.5 Å². The SMILES string of the molecule is NCc1ccc(-c2nc3c(Cl)cccc3s2)cc1.